The van der Waals surface area contributed by atoms with Crippen molar-refractivity contribution < 1.29 is 0 Å². The molecule has 0 fully saturated rings. The van der Waals surface area contributed by atoms with Crippen LogP contribution in [0.5, 0.6) is 0 Å². The van der Waals surface area contributed by atoms with Crippen molar-refractivity contribution in [1.82, 2.24) is 9.78 Å². The van der Waals surface area contributed by atoms with E-state index in [2.05, 4.69) is 16.5 Å². The first-order valence-electron chi connectivity index (χ1n) is 4.98. The molecular weight excluding hydrogens is 206 g/mol. The summed E-state index contributed by atoms with van der Waals surface area (Å²) < 4.78 is 1.95. The minimum Gasteiger partial charge on any atom is -0.326 e. The van der Waals surface area contributed by atoms with Gasteiger partial charge in [0.15, 0.2) is 0 Å². The Balaban J connectivity index is 2.36. The molecule has 2 rings (SSSR count). The van der Waals surface area contributed by atoms with Crippen molar-refractivity contribution in [2.45, 2.75) is 25.9 Å². The molecule has 0 spiro atoms. The van der Waals surface area contributed by atoms with E-state index in [1.807, 2.05) is 37.0 Å². The van der Waals surface area contributed by atoms with Crippen molar-refractivity contribution in [3.8, 4) is 0 Å². The molecule has 2 atom stereocenters. The van der Waals surface area contributed by atoms with Gasteiger partial charge in [0.25, 0.3) is 0 Å². The second-order valence-corrected chi connectivity index (χ2v) is 4.80. The molecule has 80 valence electrons. The topological polar surface area (TPSA) is 43.8 Å². The van der Waals surface area contributed by atoms with Crippen LogP contribution in [-0.2, 0) is 0 Å². The van der Waals surface area contributed by atoms with E-state index in [9.17, 15) is 0 Å². The van der Waals surface area contributed by atoms with Gasteiger partial charge in [-0.15, -0.1) is 11.3 Å². The van der Waals surface area contributed by atoms with Gasteiger partial charge >= 0.3 is 0 Å². The second kappa shape index (κ2) is 4.16. The van der Waals surface area contributed by atoms with E-state index >= 15 is 0 Å². The Labute approximate surface area is 93.5 Å². The van der Waals surface area contributed by atoms with Crippen molar-refractivity contribution in [2.24, 2.45) is 5.73 Å². The van der Waals surface area contributed by atoms with Crippen LogP contribution in [0.25, 0.3) is 0 Å². The van der Waals surface area contributed by atoms with Gasteiger partial charge in [-0.05, 0) is 30.9 Å². The minimum atomic E-state index is 0.0583. The fourth-order valence-electron chi connectivity index (χ4n) is 1.68. The van der Waals surface area contributed by atoms with E-state index in [1.54, 1.807) is 11.3 Å². The van der Waals surface area contributed by atoms with Crippen molar-refractivity contribution >= 4 is 11.3 Å². The van der Waals surface area contributed by atoms with Crippen molar-refractivity contribution in [3.05, 3.63) is 40.3 Å². The van der Waals surface area contributed by atoms with E-state index < -0.39 is 0 Å². The van der Waals surface area contributed by atoms with Gasteiger partial charge in [0.1, 0.15) is 6.04 Å². The highest BCUT2D eigenvalue weighted by Crippen LogP contribution is 2.25. The van der Waals surface area contributed by atoms with Crippen LogP contribution in [0.3, 0.4) is 0 Å². The van der Waals surface area contributed by atoms with Crippen LogP contribution < -0.4 is 5.73 Å². The SMILES string of the molecule is Cc1cnn(C(c2cccs2)C(C)N)c1. The minimum absolute atomic E-state index is 0.0583. The maximum Gasteiger partial charge on any atom is 0.101 e. The zero-order valence-electron chi connectivity index (χ0n) is 8.92. The first-order chi connectivity index (χ1) is 7.18. The summed E-state index contributed by atoms with van der Waals surface area (Å²) in [6, 6.07) is 4.36. The van der Waals surface area contributed by atoms with Crippen molar-refractivity contribution in [3.63, 3.8) is 0 Å². The maximum absolute atomic E-state index is 6.01. The lowest BCUT2D eigenvalue weighted by Gasteiger charge is -2.19. The Morgan fingerprint density at radius 3 is 2.80 bits per heavy atom. The smallest absolute Gasteiger partial charge is 0.101 e. The number of thiophene rings is 1. The summed E-state index contributed by atoms with van der Waals surface area (Å²) in [5.74, 6) is 0. The Kier molecular flexibility index (Phi) is 2.88. The molecule has 0 saturated heterocycles. The lowest BCUT2D eigenvalue weighted by molar-refractivity contribution is 0.460. The molecule has 0 amide bonds. The molecule has 4 heteroatoms. The Morgan fingerprint density at radius 2 is 2.33 bits per heavy atom. The van der Waals surface area contributed by atoms with Gasteiger partial charge in [0.2, 0.25) is 0 Å². The number of aryl methyl sites for hydroxylation is 1. The number of hydrogen-bond donors (Lipinski definition) is 1. The maximum atomic E-state index is 6.01. The standard InChI is InChI=1S/C11H15N3S/c1-8-6-13-14(7-8)11(9(2)12)10-4-3-5-15-10/h3-7,9,11H,12H2,1-2H3. The first-order valence-corrected chi connectivity index (χ1v) is 5.86. The molecular formula is C11H15N3S. The summed E-state index contributed by atoms with van der Waals surface area (Å²) in [5.41, 5.74) is 7.18. The molecule has 2 aromatic rings. The molecule has 0 saturated carbocycles. The molecule has 2 unspecified atom stereocenters. The normalized spacial score (nSPS) is 15.1. The van der Waals surface area contributed by atoms with Gasteiger partial charge in [-0.3, -0.25) is 4.68 Å². The van der Waals surface area contributed by atoms with Gasteiger partial charge < -0.3 is 5.73 Å². The molecule has 2 N–H and O–H groups in total. The lowest BCUT2D eigenvalue weighted by atomic mass is 10.1. The van der Waals surface area contributed by atoms with Crippen LogP contribution in [0, 0.1) is 6.92 Å². The average molecular weight is 221 g/mol. The van der Waals surface area contributed by atoms with Crippen LogP contribution >= 0.6 is 11.3 Å². The Bertz CT molecular complexity index is 417. The van der Waals surface area contributed by atoms with Gasteiger partial charge in [-0.25, -0.2) is 0 Å². The van der Waals surface area contributed by atoms with E-state index in [1.165, 1.54) is 4.88 Å². The fourth-order valence-corrected chi connectivity index (χ4v) is 2.61. The van der Waals surface area contributed by atoms with E-state index in [4.69, 9.17) is 5.73 Å². The second-order valence-electron chi connectivity index (χ2n) is 3.82. The molecule has 0 aromatic carbocycles. The van der Waals surface area contributed by atoms with Crippen LogP contribution in [0.2, 0.25) is 0 Å². The molecule has 2 aromatic heterocycles. The monoisotopic (exact) mass is 221 g/mol. The van der Waals surface area contributed by atoms with Crippen LogP contribution in [0.1, 0.15) is 23.4 Å². The van der Waals surface area contributed by atoms with E-state index in [0.717, 1.165) is 5.56 Å². The zero-order valence-corrected chi connectivity index (χ0v) is 9.74. The molecule has 3 nitrogen and oxygen atoms in total. The van der Waals surface area contributed by atoms with Gasteiger partial charge in [-0.2, -0.15) is 5.10 Å². The summed E-state index contributed by atoms with van der Waals surface area (Å²) in [4.78, 5) is 1.26. The quantitative estimate of drug-likeness (QED) is 0.863. The van der Waals surface area contributed by atoms with Gasteiger partial charge in [0, 0.05) is 17.1 Å². The molecule has 0 bridgehead atoms. The molecule has 15 heavy (non-hydrogen) atoms. The summed E-state index contributed by atoms with van der Waals surface area (Å²) in [6.45, 7) is 4.05. The number of rotatable bonds is 3. The summed E-state index contributed by atoms with van der Waals surface area (Å²) >= 11 is 1.72. The number of nitrogens with two attached hydrogens (primary N) is 1. The van der Waals surface area contributed by atoms with Crippen LogP contribution in [0.15, 0.2) is 29.9 Å². The molecule has 0 radical (unpaired) electrons. The molecule has 0 aliphatic heterocycles. The fraction of sp³-hybridized carbons (Fsp3) is 0.364. The van der Waals surface area contributed by atoms with Gasteiger partial charge in [-0.1, -0.05) is 6.07 Å². The molecule has 2 heterocycles. The van der Waals surface area contributed by atoms with Crippen molar-refractivity contribution in [2.75, 3.05) is 0 Å². The third kappa shape index (κ3) is 2.11. The van der Waals surface area contributed by atoms with E-state index in [0.29, 0.717) is 0 Å². The van der Waals surface area contributed by atoms with Crippen LogP contribution in [0.4, 0.5) is 0 Å². The highest BCUT2D eigenvalue weighted by Gasteiger charge is 2.19. The number of nitrogens with zero attached hydrogens (tertiary/aromatic N) is 2. The highest BCUT2D eigenvalue weighted by atomic mass is 32.1. The largest absolute Gasteiger partial charge is 0.326 e. The molecule has 0 aliphatic rings. The van der Waals surface area contributed by atoms with Crippen molar-refractivity contribution in [1.29, 1.82) is 0 Å². The average Bonchev–Trinajstić information content (AvgIpc) is 2.77. The third-order valence-electron chi connectivity index (χ3n) is 2.35. The number of aromatic nitrogens is 2. The summed E-state index contributed by atoms with van der Waals surface area (Å²) in [7, 11) is 0. The molecule has 0 aliphatic carbocycles. The third-order valence-corrected chi connectivity index (χ3v) is 3.29. The predicted molar refractivity (Wildman–Crippen MR) is 63.1 cm³/mol. The van der Waals surface area contributed by atoms with Gasteiger partial charge in [0.05, 0.1) is 6.20 Å². The summed E-state index contributed by atoms with van der Waals surface area (Å²) in [6.07, 6.45) is 3.90. The number of hydrogen-bond acceptors (Lipinski definition) is 3. The Morgan fingerprint density at radius 1 is 1.53 bits per heavy atom. The van der Waals surface area contributed by atoms with E-state index in [-0.39, 0.29) is 12.1 Å². The first kappa shape index (κ1) is 10.4. The Hall–Kier alpha value is -1.13. The highest BCUT2D eigenvalue weighted by molar-refractivity contribution is 7.10. The zero-order chi connectivity index (χ0) is 10.8. The lowest BCUT2D eigenvalue weighted by Crippen LogP contribution is -2.29. The predicted octanol–water partition coefficient (Wildman–Crippen LogP) is 2.19. The summed E-state index contributed by atoms with van der Waals surface area (Å²) in [5, 5.41) is 6.41. The van der Waals surface area contributed by atoms with Crippen LogP contribution in [-0.4, -0.2) is 15.8 Å².